The minimum atomic E-state index is -1.12. The Bertz CT molecular complexity index is 573. The number of carbonyl (C=O) groups excluding carboxylic acids is 1. The van der Waals surface area contributed by atoms with Gasteiger partial charge in [0.1, 0.15) is 17.4 Å². The first-order valence-corrected chi connectivity index (χ1v) is 5.89. The largest absolute Gasteiger partial charge is 0.506 e. The van der Waals surface area contributed by atoms with E-state index in [1.807, 2.05) is 6.92 Å². The van der Waals surface area contributed by atoms with Gasteiger partial charge in [-0.1, -0.05) is 19.1 Å². The lowest BCUT2D eigenvalue weighted by molar-refractivity contribution is -0.131. The van der Waals surface area contributed by atoms with Crippen molar-refractivity contribution in [2.75, 3.05) is 0 Å². The van der Waals surface area contributed by atoms with E-state index in [-0.39, 0.29) is 28.9 Å². The number of aromatic hydroxyl groups is 1. The molecule has 2 N–H and O–H groups in total. The zero-order chi connectivity index (χ0) is 14.2. The highest BCUT2D eigenvalue weighted by atomic mass is 16.5. The number of carboxylic acid groups (broad SMARTS) is 1. The molecular formula is C14H14O5. The predicted molar refractivity (Wildman–Crippen MR) is 68.1 cm³/mol. The standard InChI is InChI=1S/C14H14O5/c1-7-8(2)19-14(18)12-10(7)5-3-9(13(12)17)4-6-11(15)16/h3-8,17H,1-2H3,(H,15,16)/b6-4+/t7-,8-/m1/s1. The molecule has 1 aliphatic heterocycles. The summed E-state index contributed by atoms with van der Waals surface area (Å²) in [7, 11) is 0. The van der Waals surface area contributed by atoms with Crippen LogP contribution in [-0.2, 0) is 9.53 Å². The first-order valence-electron chi connectivity index (χ1n) is 5.89. The Morgan fingerprint density at radius 1 is 1.37 bits per heavy atom. The maximum absolute atomic E-state index is 11.8. The van der Waals surface area contributed by atoms with Gasteiger partial charge in [-0.25, -0.2) is 9.59 Å². The average molecular weight is 262 g/mol. The van der Waals surface area contributed by atoms with Crippen LogP contribution in [0.1, 0.15) is 41.3 Å². The van der Waals surface area contributed by atoms with Gasteiger partial charge in [-0.3, -0.25) is 0 Å². The van der Waals surface area contributed by atoms with Crippen molar-refractivity contribution in [1.82, 2.24) is 0 Å². The Hall–Kier alpha value is -2.30. The number of phenolic OH excluding ortho intramolecular Hbond substituents is 1. The van der Waals surface area contributed by atoms with Crippen LogP contribution in [0.5, 0.6) is 5.75 Å². The fourth-order valence-electron chi connectivity index (χ4n) is 2.10. The highest BCUT2D eigenvalue weighted by Gasteiger charge is 2.32. The quantitative estimate of drug-likeness (QED) is 0.630. The summed E-state index contributed by atoms with van der Waals surface area (Å²) in [5.74, 6) is -1.96. The van der Waals surface area contributed by atoms with Crippen molar-refractivity contribution in [1.29, 1.82) is 0 Å². The Morgan fingerprint density at radius 3 is 2.68 bits per heavy atom. The summed E-state index contributed by atoms with van der Waals surface area (Å²) >= 11 is 0. The Morgan fingerprint density at radius 2 is 2.05 bits per heavy atom. The van der Waals surface area contributed by atoms with Crippen molar-refractivity contribution in [2.45, 2.75) is 25.9 Å². The molecule has 19 heavy (non-hydrogen) atoms. The first kappa shape index (κ1) is 13.1. The van der Waals surface area contributed by atoms with E-state index in [9.17, 15) is 14.7 Å². The molecule has 0 spiro atoms. The Balaban J connectivity index is 2.53. The fraction of sp³-hybridized carbons (Fsp3) is 0.286. The molecule has 0 unspecified atom stereocenters. The lowest BCUT2D eigenvalue weighted by Gasteiger charge is -2.28. The van der Waals surface area contributed by atoms with Crippen molar-refractivity contribution >= 4 is 18.0 Å². The van der Waals surface area contributed by atoms with E-state index in [0.717, 1.165) is 6.08 Å². The number of phenols is 1. The second kappa shape index (κ2) is 4.76. The molecule has 1 aliphatic rings. The van der Waals surface area contributed by atoms with Gasteiger partial charge in [-0.15, -0.1) is 0 Å². The Labute approximate surface area is 110 Å². The van der Waals surface area contributed by atoms with Crippen molar-refractivity contribution < 1.29 is 24.5 Å². The summed E-state index contributed by atoms with van der Waals surface area (Å²) in [6.07, 6.45) is 1.90. The third-order valence-electron chi connectivity index (χ3n) is 3.34. The van der Waals surface area contributed by atoms with Crippen LogP contribution in [0.3, 0.4) is 0 Å². The molecule has 2 atom stereocenters. The summed E-state index contributed by atoms with van der Waals surface area (Å²) in [6.45, 7) is 3.70. The van der Waals surface area contributed by atoms with Crippen molar-refractivity contribution in [3.63, 3.8) is 0 Å². The number of rotatable bonds is 2. The molecule has 2 rings (SSSR count). The molecule has 0 saturated heterocycles. The molecule has 100 valence electrons. The number of aliphatic carboxylic acids is 1. The average Bonchev–Trinajstić information content (AvgIpc) is 2.34. The molecule has 0 bridgehead atoms. The van der Waals surface area contributed by atoms with Gasteiger partial charge in [-0.2, -0.15) is 0 Å². The van der Waals surface area contributed by atoms with E-state index < -0.39 is 11.9 Å². The van der Waals surface area contributed by atoms with Gasteiger partial charge < -0.3 is 14.9 Å². The fourth-order valence-corrected chi connectivity index (χ4v) is 2.10. The number of ether oxygens (including phenoxy) is 1. The minimum absolute atomic E-state index is 0.0175. The highest BCUT2D eigenvalue weighted by Crippen LogP contribution is 2.37. The summed E-state index contributed by atoms with van der Waals surface area (Å²) in [5.41, 5.74) is 1.12. The lowest BCUT2D eigenvalue weighted by Crippen LogP contribution is -2.28. The van der Waals surface area contributed by atoms with Gasteiger partial charge in [0.15, 0.2) is 0 Å². The second-order valence-corrected chi connectivity index (χ2v) is 4.54. The normalized spacial score (nSPS) is 22.1. The van der Waals surface area contributed by atoms with Crippen LogP contribution in [0.25, 0.3) is 6.08 Å². The Kier molecular flexibility index (Phi) is 3.29. The molecular weight excluding hydrogens is 248 g/mol. The van der Waals surface area contributed by atoms with Crippen LogP contribution in [0.2, 0.25) is 0 Å². The van der Waals surface area contributed by atoms with Crippen LogP contribution >= 0.6 is 0 Å². The van der Waals surface area contributed by atoms with E-state index >= 15 is 0 Å². The molecule has 0 fully saturated rings. The van der Waals surface area contributed by atoms with Gasteiger partial charge in [0.05, 0.1) is 0 Å². The van der Waals surface area contributed by atoms with Crippen LogP contribution in [0.15, 0.2) is 18.2 Å². The van der Waals surface area contributed by atoms with E-state index in [1.54, 1.807) is 19.1 Å². The van der Waals surface area contributed by atoms with E-state index in [2.05, 4.69) is 0 Å². The molecule has 5 nitrogen and oxygen atoms in total. The number of hydrogen-bond donors (Lipinski definition) is 2. The maximum atomic E-state index is 11.8. The second-order valence-electron chi connectivity index (χ2n) is 4.54. The molecule has 1 aromatic rings. The topological polar surface area (TPSA) is 83.8 Å². The number of hydrogen-bond acceptors (Lipinski definition) is 4. The number of fused-ring (bicyclic) bond motifs is 1. The summed E-state index contributed by atoms with van der Waals surface area (Å²) in [6, 6.07) is 3.31. The van der Waals surface area contributed by atoms with Crippen molar-refractivity contribution in [2.24, 2.45) is 0 Å². The molecule has 0 aromatic heterocycles. The predicted octanol–water partition coefficient (Wildman–Crippen LogP) is 2.15. The van der Waals surface area contributed by atoms with Gasteiger partial charge in [0, 0.05) is 17.6 Å². The van der Waals surface area contributed by atoms with Crippen LogP contribution in [-0.4, -0.2) is 28.3 Å². The summed E-state index contributed by atoms with van der Waals surface area (Å²) in [5, 5.41) is 18.6. The monoisotopic (exact) mass is 262 g/mol. The number of esters is 1. The minimum Gasteiger partial charge on any atom is -0.506 e. The molecule has 5 heteroatoms. The smallest absolute Gasteiger partial charge is 0.342 e. The number of cyclic esters (lactones) is 1. The zero-order valence-corrected chi connectivity index (χ0v) is 10.6. The van der Waals surface area contributed by atoms with Crippen LogP contribution in [0.4, 0.5) is 0 Å². The molecule has 1 heterocycles. The molecule has 0 aliphatic carbocycles. The molecule has 0 radical (unpaired) electrons. The number of carbonyl (C=O) groups is 2. The molecule has 1 aromatic carbocycles. The zero-order valence-electron chi connectivity index (χ0n) is 10.6. The van der Waals surface area contributed by atoms with Gasteiger partial charge in [-0.05, 0) is 18.6 Å². The van der Waals surface area contributed by atoms with Crippen molar-refractivity contribution in [3.8, 4) is 5.75 Å². The van der Waals surface area contributed by atoms with Gasteiger partial charge >= 0.3 is 11.9 Å². The first-order chi connectivity index (χ1) is 8.91. The maximum Gasteiger partial charge on any atom is 0.342 e. The van der Waals surface area contributed by atoms with Crippen LogP contribution < -0.4 is 0 Å². The highest BCUT2D eigenvalue weighted by molar-refractivity contribution is 5.97. The molecule has 0 amide bonds. The van der Waals surface area contributed by atoms with E-state index in [1.165, 1.54) is 6.08 Å². The van der Waals surface area contributed by atoms with E-state index in [0.29, 0.717) is 5.56 Å². The van der Waals surface area contributed by atoms with Crippen LogP contribution in [0, 0.1) is 0 Å². The number of carboxylic acids is 1. The van der Waals surface area contributed by atoms with E-state index in [4.69, 9.17) is 9.84 Å². The lowest BCUT2D eigenvalue weighted by atomic mass is 9.87. The third-order valence-corrected chi connectivity index (χ3v) is 3.34. The SMILES string of the molecule is C[C@H]1OC(=O)c2c(ccc(/C=C/C(=O)O)c2O)[C@@H]1C. The number of benzene rings is 1. The summed E-state index contributed by atoms with van der Waals surface area (Å²) < 4.78 is 5.15. The van der Waals surface area contributed by atoms with Crippen molar-refractivity contribution in [3.05, 3.63) is 34.9 Å². The van der Waals surface area contributed by atoms with Gasteiger partial charge in [0.2, 0.25) is 0 Å². The van der Waals surface area contributed by atoms with Gasteiger partial charge in [0.25, 0.3) is 0 Å². The molecule has 0 saturated carbocycles. The summed E-state index contributed by atoms with van der Waals surface area (Å²) in [4.78, 5) is 22.3. The third kappa shape index (κ3) is 2.31.